The van der Waals surface area contributed by atoms with Crippen molar-refractivity contribution in [2.75, 3.05) is 11.1 Å². The molecule has 0 saturated carbocycles. The molecule has 0 saturated heterocycles. The van der Waals surface area contributed by atoms with Crippen molar-refractivity contribution < 1.29 is 14.7 Å². The molecule has 0 spiro atoms. The van der Waals surface area contributed by atoms with Crippen molar-refractivity contribution in [3.63, 3.8) is 0 Å². The van der Waals surface area contributed by atoms with Crippen molar-refractivity contribution in [3.05, 3.63) is 23.8 Å². The molecule has 72 valence electrons. The summed E-state index contributed by atoms with van der Waals surface area (Å²) < 4.78 is 0. The molecule has 4 nitrogen and oxygen atoms in total. The van der Waals surface area contributed by atoms with Crippen LogP contribution in [0.15, 0.2) is 23.1 Å². The Kier molecular flexibility index (Phi) is 2.17. The van der Waals surface area contributed by atoms with E-state index in [-0.39, 0.29) is 11.5 Å². The molecular formula is C9H7NO3S. The second-order valence-electron chi connectivity index (χ2n) is 2.85. The van der Waals surface area contributed by atoms with Gasteiger partial charge in [0, 0.05) is 4.90 Å². The predicted octanol–water partition coefficient (Wildman–Crippen LogP) is 1.43. The monoisotopic (exact) mass is 209 g/mol. The third-order valence-corrected chi connectivity index (χ3v) is 2.92. The van der Waals surface area contributed by atoms with E-state index >= 15 is 0 Å². The SMILES string of the molecule is O=C1CSc2cc(C(=O)O)ccc2N1. The molecule has 1 aliphatic rings. The molecule has 1 aliphatic heterocycles. The van der Waals surface area contributed by atoms with Crippen LogP contribution in [-0.4, -0.2) is 22.7 Å². The van der Waals surface area contributed by atoms with E-state index in [2.05, 4.69) is 5.32 Å². The number of amides is 1. The summed E-state index contributed by atoms with van der Waals surface area (Å²) in [6, 6.07) is 4.66. The fourth-order valence-corrected chi connectivity index (χ4v) is 2.05. The first-order chi connectivity index (χ1) is 6.66. The minimum atomic E-state index is -0.953. The van der Waals surface area contributed by atoms with Crippen molar-refractivity contribution in [3.8, 4) is 0 Å². The average Bonchev–Trinajstić information content (AvgIpc) is 2.16. The smallest absolute Gasteiger partial charge is 0.335 e. The van der Waals surface area contributed by atoms with Gasteiger partial charge >= 0.3 is 5.97 Å². The summed E-state index contributed by atoms with van der Waals surface area (Å²) in [4.78, 5) is 22.5. The lowest BCUT2D eigenvalue weighted by Crippen LogP contribution is -2.18. The van der Waals surface area contributed by atoms with Crippen LogP contribution in [0.4, 0.5) is 5.69 Å². The van der Waals surface area contributed by atoms with E-state index in [1.54, 1.807) is 12.1 Å². The number of nitrogens with one attached hydrogen (secondary N) is 1. The maximum Gasteiger partial charge on any atom is 0.335 e. The highest BCUT2D eigenvalue weighted by atomic mass is 32.2. The van der Waals surface area contributed by atoms with E-state index in [1.165, 1.54) is 17.8 Å². The van der Waals surface area contributed by atoms with Crippen LogP contribution in [0.2, 0.25) is 0 Å². The Bertz CT molecular complexity index is 417. The quantitative estimate of drug-likeness (QED) is 0.734. The third-order valence-electron chi connectivity index (χ3n) is 1.86. The van der Waals surface area contributed by atoms with E-state index in [1.807, 2.05) is 0 Å². The van der Waals surface area contributed by atoms with Gasteiger partial charge in [0.2, 0.25) is 5.91 Å². The van der Waals surface area contributed by atoms with Crippen molar-refractivity contribution in [1.82, 2.24) is 0 Å². The molecule has 0 unspecified atom stereocenters. The van der Waals surface area contributed by atoms with Gasteiger partial charge in [-0.1, -0.05) is 0 Å². The Labute approximate surface area is 84.3 Å². The van der Waals surface area contributed by atoms with Gasteiger partial charge in [0.15, 0.2) is 0 Å². The van der Waals surface area contributed by atoms with Gasteiger partial charge in [0.1, 0.15) is 0 Å². The highest BCUT2D eigenvalue weighted by Crippen LogP contribution is 2.31. The zero-order chi connectivity index (χ0) is 10.1. The molecule has 0 radical (unpaired) electrons. The van der Waals surface area contributed by atoms with Gasteiger partial charge in [-0.05, 0) is 18.2 Å². The fourth-order valence-electron chi connectivity index (χ4n) is 1.21. The van der Waals surface area contributed by atoms with E-state index in [4.69, 9.17) is 5.11 Å². The summed E-state index contributed by atoms with van der Waals surface area (Å²) in [5.74, 6) is -0.660. The predicted molar refractivity (Wildman–Crippen MR) is 52.8 cm³/mol. The number of carboxylic acids is 1. The number of benzene rings is 1. The van der Waals surface area contributed by atoms with E-state index in [9.17, 15) is 9.59 Å². The van der Waals surface area contributed by atoms with Crippen LogP contribution in [0.3, 0.4) is 0 Å². The minimum absolute atomic E-state index is 0.0504. The Balaban J connectivity index is 2.41. The number of carbonyl (C=O) groups excluding carboxylic acids is 1. The van der Waals surface area contributed by atoms with Crippen LogP contribution in [0, 0.1) is 0 Å². The lowest BCUT2D eigenvalue weighted by molar-refractivity contribution is -0.113. The molecule has 0 aliphatic carbocycles. The van der Waals surface area contributed by atoms with E-state index in [0.717, 1.165) is 4.90 Å². The van der Waals surface area contributed by atoms with E-state index < -0.39 is 5.97 Å². The summed E-state index contributed by atoms with van der Waals surface area (Å²) >= 11 is 1.35. The number of aromatic carboxylic acids is 1. The number of rotatable bonds is 1. The average molecular weight is 209 g/mol. The lowest BCUT2D eigenvalue weighted by Gasteiger charge is -2.15. The Morgan fingerprint density at radius 2 is 2.29 bits per heavy atom. The summed E-state index contributed by atoms with van der Waals surface area (Å²) in [6.45, 7) is 0. The molecule has 14 heavy (non-hydrogen) atoms. The molecule has 1 aromatic rings. The van der Waals surface area contributed by atoms with E-state index in [0.29, 0.717) is 11.4 Å². The zero-order valence-corrected chi connectivity index (χ0v) is 7.93. The lowest BCUT2D eigenvalue weighted by atomic mass is 10.2. The number of carbonyl (C=O) groups is 2. The summed E-state index contributed by atoms with van der Waals surface area (Å²) in [5, 5.41) is 11.4. The second kappa shape index (κ2) is 3.34. The molecule has 0 bridgehead atoms. The Hall–Kier alpha value is -1.49. The first-order valence-corrected chi connectivity index (χ1v) is 4.95. The Morgan fingerprint density at radius 1 is 1.50 bits per heavy atom. The second-order valence-corrected chi connectivity index (χ2v) is 3.87. The van der Waals surface area contributed by atoms with Gasteiger partial charge in [-0.15, -0.1) is 11.8 Å². The molecule has 2 rings (SSSR count). The molecule has 1 amide bonds. The van der Waals surface area contributed by atoms with Gasteiger partial charge in [-0.25, -0.2) is 4.79 Å². The molecule has 1 aromatic carbocycles. The number of hydrogen-bond donors (Lipinski definition) is 2. The molecule has 0 aromatic heterocycles. The number of hydrogen-bond acceptors (Lipinski definition) is 3. The number of anilines is 1. The van der Waals surface area contributed by atoms with Crippen LogP contribution in [-0.2, 0) is 4.79 Å². The molecule has 5 heteroatoms. The van der Waals surface area contributed by atoms with Gasteiger partial charge in [0.05, 0.1) is 17.0 Å². The molecule has 0 atom stereocenters. The maximum absolute atomic E-state index is 11.0. The summed E-state index contributed by atoms with van der Waals surface area (Å²) in [6.07, 6.45) is 0. The fraction of sp³-hybridized carbons (Fsp3) is 0.111. The standard InChI is InChI=1S/C9H7NO3S/c11-8-4-14-7-3-5(9(12)13)1-2-6(7)10-8/h1-3H,4H2,(H,10,11)(H,12,13). The van der Waals surface area contributed by atoms with Crippen LogP contribution in [0.1, 0.15) is 10.4 Å². The van der Waals surface area contributed by atoms with Crippen molar-refractivity contribution in [2.45, 2.75) is 4.90 Å². The number of thioether (sulfide) groups is 1. The molecule has 1 heterocycles. The molecule has 2 N–H and O–H groups in total. The van der Waals surface area contributed by atoms with Crippen molar-refractivity contribution in [1.29, 1.82) is 0 Å². The van der Waals surface area contributed by atoms with Crippen LogP contribution < -0.4 is 5.32 Å². The topological polar surface area (TPSA) is 66.4 Å². The van der Waals surface area contributed by atoms with Crippen molar-refractivity contribution >= 4 is 29.3 Å². The summed E-state index contributed by atoms with van der Waals surface area (Å²) in [7, 11) is 0. The third kappa shape index (κ3) is 1.58. The van der Waals surface area contributed by atoms with Crippen LogP contribution >= 0.6 is 11.8 Å². The van der Waals surface area contributed by atoms with Gasteiger partial charge in [-0.3, -0.25) is 4.79 Å². The number of fused-ring (bicyclic) bond motifs is 1. The first-order valence-electron chi connectivity index (χ1n) is 3.97. The Morgan fingerprint density at radius 3 is 3.00 bits per heavy atom. The van der Waals surface area contributed by atoms with Crippen molar-refractivity contribution in [2.24, 2.45) is 0 Å². The normalized spacial score (nSPS) is 14.4. The van der Waals surface area contributed by atoms with Gasteiger partial charge in [0.25, 0.3) is 0 Å². The van der Waals surface area contributed by atoms with Crippen LogP contribution in [0.5, 0.6) is 0 Å². The first kappa shape index (κ1) is 9.08. The zero-order valence-electron chi connectivity index (χ0n) is 7.11. The highest BCUT2D eigenvalue weighted by molar-refractivity contribution is 8.00. The van der Waals surface area contributed by atoms with Crippen LogP contribution in [0.25, 0.3) is 0 Å². The maximum atomic E-state index is 11.0. The van der Waals surface area contributed by atoms with Gasteiger partial charge < -0.3 is 10.4 Å². The van der Waals surface area contributed by atoms with Gasteiger partial charge in [-0.2, -0.15) is 0 Å². The largest absolute Gasteiger partial charge is 0.478 e. The molecular weight excluding hydrogens is 202 g/mol. The minimum Gasteiger partial charge on any atom is -0.478 e. The highest BCUT2D eigenvalue weighted by Gasteiger charge is 2.16. The molecule has 0 fully saturated rings. The number of carboxylic acid groups (broad SMARTS) is 1. The summed E-state index contributed by atoms with van der Waals surface area (Å²) in [5.41, 5.74) is 0.934.